The molecule has 0 bridgehead atoms. The molecule has 0 spiro atoms. The highest BCUT2D eigenvalue weighted by molar-refractivity contribution is 4.61. The molecule has 0 saturated heterocycles. The SMILES string of the molecule is [2H]C([2H])(C(C)C)C(N)COC. The minimum atomic E-state index is -1.34. The fourth-order valence-electron chi connectivity index (χ4n) is 0.656. The third-order valence-electron chi connectivity index (χ3n) is 0.894. The fourth-order valence-corrected chi connectivity index (χ4v) is 0.656. The number of methoxy groups -OCH3 is 1. The molecular formula is C7H17NO. The molecule has 0 aliphatic rings. The van der Waals surface area contributed by atoms with Crippen LogP contribution in [0.15, 0.2) is 0 Å². The van der Waals surface area contributed by atoms with Gasteiger partial charge in [-0.25, -0.2) is 0 Å². The first-order chi connectivity index (χ1) is 4.92. The second kappa shape index (κ2) is 4.77. The van der Waals surface area contributed by atoms with E-state index >= 15 is 0 Å². The quantitative estimate of drug-likeness (QED) is 0.621. The average molecular weight is 133 g/mol. The van der Waals surface area contributed by atoms with E-state index in [4.69, 9.17) is 13.2 Å². The van der Waals surface area contributed by atoms with Crippen LogP contribution in [-0.4, -0.2) is 19.8 Å². The van der Waals surface area contributed by atoms with Gasteiger partial charge in [0.05, 0.1) is 6.61 Å². The fraction of sp³-hybridized carbons (Fsp3) is 1.00. The van der Waals surface area contributed by atoms with Gasteiger partial charge in [0.15, 0.2) is 0 Å². The largest absolute Gasteiger partial charge is 0.383 e. The summed E-state index contributed by atoms with van der Waals surface area (Å²) in [5, 5.41) is 0. The monoisotopic (exact) mass is 133 g/mol. The Morgan fingerprint density at radius 3 is 2.56 bits per heavy atom. The van der Waals surface area contributed by atoms with Crippen molar-refractivity contribution in [1.29, 1.82) is 0 Å². The summed E-state index contributed by atoms with van der Waals surface area (Å²) in [6.07, 6.45) is -1.34. The second-order valence-electron chi connectivity index (χ2n) is 2.38. The van der Waals surface area contributed by atoms with Crippen LogP contribution in [0.4, 0.5) is 0 Å². The lowest BCUT2D eigenvalue weighted by Crippen LogP contribution is -2.27. The molecule has 0 aromatic heterocycles. The van der Waals surface area contributed by atoms with Crippen LogP contribution in [0.1, 0.15) is 23.0 Å². The lowest BCUT2D eigenvalue weighted by atomic mass is 10.1. The molecular weight excluding hydrogens is 114 g/mol. The minimum Gasteiger partial charge on any atom is -0.383 e. The zero-order chi connectivity index (χ0) is 9.07. The van der Waals surface area contributed by atoms with Crippen LogP contribution < -0.4 is 5.73 Å². The van der Waals surface area contributed by atoms with Crippen LogP contribution in [0.2, 0.25) is 0 Å². The molecule has 1 atom stereocenters. The van der Waals surface area contributed by atoms with E-state index in [0.29, 0.717) is 0 Å². The third kappa shape index (κ3) is 5.80. The van der Waals surface area contributed by atoms with Crippen molar-refractivity contribution in [1.82, 2.24) is 0 Å². The predicted molar refractivity (Wildman–Crippen MR) is 39.3 cm³/mol. The maximum atomic E-state index is 7.55. The molecule has 0 aliphatic carbocycles. The number of hydrogen-bond acceptors (Lipinski definition) is 2. The molecule has 0 aliphatic heterocycles. The predicted octanol–water partition coefficient (Wildman–Crippen LogP) is 1.01. The highest BCUT2D eigenvalue weighted by atomic mass is 16.5. The highest BCUT2D eigenvalue weighted by Crippen LogP contribution is 2.01. The topological polar surface area (TPSA) is 35.2 Å². The lowest BCUT2D eigenvalue weighted by Gasteiger charge is -2.11. The smallest absolute Gasteiger partial charge is 0.0613 e. The zero-order valence-electron chi connectivity index (χ0n) is 8.35. The molecule has 0 amide bonds. The molecule has 0 fully saturated rings. The van der Waals surface area contributed by atoms with Crippen molar-refractivity contribution < 1.29 is 7.48 Å². The summed E-state index contributed by atoms with van der Waals surface area (Å²) in [4.78, 5) is 0. The van der Waals surface area contributed by atoms with E-state index in [0.717, 1.165) is 0 Å². The summed E-state index contributed by atoms with van der Waals surface area (Å²) in [6.45, 7) is 3.90. The first kappa shape index (κ1) is 5.69. The van der Waals surface area contributed by atoms with Gasteiger partial charge in [-0.1, -0.05) is 13.8 Å². The standard InChI is InChI=1S/C7H17NO/c1-6(2)4-7(8)5-9-3/h6-7H,4-5,8H2,1-3H3/i4D2. The summed E-state index contributed by atoms with van der Waals surface area (Å²) < 4.78 is 19.9. The summed E-state index contributed by atoms with van der Waals surface area (Å²) in [5.41, 5.74) is 5.56. The van der Waals surface area contributed by atoms with Gasteiger partial charge in [-0.15, -0.1) is 0 Å². The Hall–Kier alpha value is -0.0800. The molecule has 9 heavy (non-hydrogen) atoms. The molecule has 0 radical (unpaired) electrons. The van der Waals surface area contributed by atoms with Crippen molar-refractivity contribution in [2.75, 3.05) is 13.7 Å². The Morgan fingerprint density at radius 1 is 1.67 bits per heavy atom. The van der Waals surface area contributed by atoms with E-state index in [9.17, 15) is 0 Å². The maximum absolute atomic E-state index is 7.55. The maximum Gasteiger partial charge on any atom is 0.0613 e. The van der Waals surface area contributed by atoms with Gasteiger partial charge in [0.25, 0.3) is 0 Å². The van der Waals surface area contributed by atoms with Crippen LogP contribution in [0.25, 0.3) is 0 Å². The Morgan fingerprint density at radius 2 is 2.22 bits per heavy atom. The molecule has 0 aromatic carbocycles. The van der Waals surface area contributed by atoms with Gasteiger partial charge in [0.1, 0.15) is 0 Å². The van der Waals surface area contributed by atoms with Crippen LogP contribution in [0, 0.1) is 5.92 Å². The van der Waals surface area contributed by atoms with Gasteiger partial charge in [0, 0.05) is 15.9 Å². The Balaban J connectivity index is 4.05. The Labute approximate surface area is 60.2 Å². The normalized spacial score (nSPS) is 19.2. The van der Waals surface area contributed by atoms with Crippen LogP contribution in [0.3, 0.4) is 0 Å². The molecule has 56 valence electrons. The van der Waals surface area contributed by atoms with E-state index in [-0.39, 0.29) is 12.5 Å². The van der Waals surface area contributed by atoms with Crippen molar-refractivity contribution >= 4 is 0 Å². The Bertz CT molecular complexity index is 117. The summed E-state index contributed by atoms with van der Waals surface area (Å²) >= 11 is 0. The van der Waals surface area contributed by atoms with Crippen LogP contribution >= 0.6 is 0 Å². The summed E-state index contributed by atoms with van der Waals surface area (Å²) in [6, 6.07) is -0.535. The summed E-state index contributed by atoms with van der Waals surface area (Å²) in [5.74, 6) is -0.0763. The van der Waals surface area contributed by atoms with Gasteiger partial charge >= 0.3 is 0 Å². The molecule has 2 N–H and O–H groups in total. The van der Waals surface area contributed by atoms with E-state index in [2.05, 4.69) is 0 Å². The van der Waals surface area contributed by atoms with Gasteiger partial charge in [-0.2, -0.15) is 0 Å². The molecule has 1 unspecified atom stereocenters. The van der Waals surface area contributed by atoms with Gasteiger partial charge in [0.2, 0.25) is 0 Å². The highest BCUT2D eigenvalue weighted by Gasteiger charge is 2.03. The molecule has 2 heteroatoms. The van der Waals surface area contributed by atoms with Crippen molar-refractivity contribution in [3.05, 3.63) is 0 Å². The van der Waals surface area contributed by atoms with Crippen molar-refractivity contribution in [3.63, 3.8) is 0 Å². The average Bonchev–Trinajstić information content (AvgIpc) is 1.88. The van der Waals surface area contributed by atoms with E-state index in [1.807, 2.05) is 13.8 Å². The van der Waals surface area contributed by atoms with Crippen LogP contribution in [0.5, 0.6) is 0 Å². The lowest BCUT2D eigenvalue weighted by molar-refractivity contribution is 0.172. The summed E-state index contributed by atoms with van der Waals surface area (Å²) in [7, 11) is 1.52. The minimum absolute atomic E-state index is 0.0763. The molecule has 0 rings (SSSR count). The molecule has 2 nitrogen and oxygen atoms in total. The van der Waals surface area contributed by atoms with Crippen molar-refractivity contribution in [2.24, 2.45) is 11.7 Å². The van der Waals surface area contributed by atoms with Gasteiger partial charge < -0.3 is 10.5 Å². The molecule has 0 saturated carbocycles. The first-order valence-electron chi connectivity index (χ1n) is 4.17. The van der Waals surface area contributed by atoms with E-state index < -0.39 is 12.4 Å². The number of hydrogen-bond donors (Lipinski definition) is 1. The Kier molecular flexibility index (Phi) is 3.01. The van der Waals surface area contributed by atoms with Crippen molar-refractivity contribution in [3.8, 4) is 0 Å². The molecule has 0 aromatic rings. The second-order valence-corrected chi connectivity index (χ2v) is 2.38. The third-order valence-corrected chi connectivity index (χ3v) is 0.894. The van der Waals surface area contributed by atoms with Gasteiger partial charge in [-0.3, -0.25) is 0 Å². The van der Waals surface area contributed by atoms with E-state index in [1.54, 1.807) is 0 Å². The number of ether oxygens (including phenoxy) is 1. The zero-order valence-corrected chi connectivity index (χ0v) is 6.35. The van der Waals surface area contributed by atoms with Crippen LogP contribution in [-0.2, 0) is 4.74 Å². The first-order valence-corrected chi connectivity index (χ1v) is 3.17. The molecule has 0 heterocycles. The van der Waals surface area contributed by atoms with E-state index in [1.165, 1.54) is 7.11 Å². The van der Waals surface area contributed by atoms with Crippen molar-refractivity contribution in [2.45, 2.75) is 26.3 Å². The number of nitrogens with two attached hydrogens (primary N) is 1. The number of rotatable bonds is 4. The van der Waals surface area contributed by atoms with Gasteiger partial charge in [-0.05, 0) is 12.3 Å².